The minimum atomic E-state index is -0.506. The highest BCUT2D eigenvalue weighted by Crippen LogP contribution is 2.45. The van der Waals surface area contributed by atoms with Gasteiger partial charge in [0.05, 0.1) is 21.3 Å². The van der Waals surface area contributed by atoms with Gasteiger partial charge in [0.15, 0.2) is 11.5 Å². The van der Waals surface area contributed by atoms with E-state index in [9.17, 15) is 4.79 Å². The van der Waals surface area contributed by atoms with Crippen LogP contribution in [0.3, 0.4) is 0 Å². The van der Waals surface area contributed by atoms with E-state index in [1.807, 2.05) is 0 Å². The van der Waals surface area contributed by atoms with Crippen LogP contribution < -0.4 is 18.9 Å². The molecule has 0 radical (unpaired) electrons. The Labute approximate surface area is 160 Å². The van der Waals surface area contributed by atoms with Crippen molar-refractivity contribution in [3.63, 3.8) is 0 Å². The van der Waals surface area contributed by atoms with E-state index in [1.165, 1.54) is 14.2 Å². The van der Waals surface area contributed by atoms with E-state index in [2.05, 4.69) is 15.4 Å². The minimum Gasteiger partial charge on any atom is -0.496 e. The van der Waals surface area contributed by atoms with Crippen molar-refractivity contribution in [3.05, 3.63) is 35.9 Å². The molecule has 144 valence electrons. The Morgan fingerprint density at radius 1 is 0.964 bits per heavy atom. The topological polar surface area (TPSA) is 105 Å². The lowest BCUT2D eigenvalue weighted by atomic mass is 10.0. The van der Waals surface area contributed by atoms with Crippen molar-refractivity contribution in [1.82, 2.24) is 15.4 Å². The minimum absolute atomic E-state index is 0.127. The largest absolute Gasteiger partial charge is 0.496 e. The van der Waals surface area contributed by atoms with E-state index in [4.69, 9.17) is 23.7 Å². The van der Waals surface area contributed by atoms with Gasteiger partial charge < -0.3 is 23.7 Å². The number of methoxy groups -OCH3 is 3. The fourth-order valence-corrected chi connectivity index (χ4v) is 3.02. The van der Waals surface area contributed by atoms with Gasteiger partial charge in [-0.05, 0) is 30.3 Å². The molecule has 28 heavy (non-hydrogen) atoms. The number of rotatable bonds is 5. The van der Waals surface area contributed by atoms with Crippen molar-refractivity contribution in [2.45, 2.75) is 0 Å². The van der Waals surface area contributed by atoms with Crippen LogP contribution in [0.5, 0.6) is 23.0 Å². The molecule has 0 unspecified atom stereocenters. The lowest BCUT2D eigenvalue weighted by Crippen LogP contribution is -2.04. The van der Waals surface area contributed by atoms with E-state index < -0.39 is 5.97 Å². The SMILES string of the molecule is COC(=O)c1cc(-c2n[nH]nc2-c2cc(OC)c3c(c2)OCO3)ccc1OC. The second-order valence-electron chi connectivity index (χ2n) is 5.84. The van der Waals surface area contributed by atoms with Gasteiger partial charge in [-0.1, -0.05) is 0 Å². The normalized spacial score (nSPS) is 12.0. The van der Waals surface area contributed by atoms with Crippen molar-refractivity contribution >= 4 is 5.97 Å². The maximum absolute atomic E-state index is 12.1. The van der Waals surface area contributed by atoms with Crippen molar-refractivity contribution in [2.75, 3.05) is 28.1 Å². The average Bonchev–Trinajstić information content (AvgIpc) is 3.41. The zero-order valence-corrected chi connectivity index (χ0v) is 15.4. The molecule has 0 fully saturated rings. The molecule has 3 aromatic rings. The number of carbonyl (C=O) groups excluding carboxylic acids is 1. The van der Waals surface area contributed by atoms with E-state index in [1.54, 1.807) is 37.4 Å². The smallest absolute Gasteiger partial charge is 0.341 e. The number of fused-ring (bicyclic) bond motifs is 1. The molecule has 0 atom stereocenters. The van der Waals surface area contributed by atoms with Gasteiger partial charge in [-0.2, -0.15) is 15.4 Å². The van der Waals surface area contributed by atoms with Gasteiger partial charge in [-0.25, -0.2) is 4.79 Å². The first-order valence-electron chi connectivity index (χ1n) is 8.31. The number of aromatic nitrogens is 3. The molecule has 1 aliphatic rings. The number of esters is 1. The summed E-state index contributed by atoms with van der Waals surface area (Å²) in [6, 6.07) is 8.71. The Bertz CT molecular complexity index is 1050. The molecule has 1 aromatic heterocycles. The number of H-pyrrole nitrogens is 1. The molecule has 2 aromatic carbocycles. The molecule has 4 rings (SSSR count). The van der Waals surface area contributed by atoms with Gasteiger partial charge in [0.25, 0.3) is 0 Å². The van der Waals surface area contributed by atoms with Gasteiger partial charge in [0, 0.05) is 11.1 Å². The average molecular weight is 383 g/mol. The number of carbonyl (C=O) groups is 1. The van der Waals surface area contributed by atoms with Crippen LogP contribution in [0.1, 0.15) is 10.4 Å². The molecule has 1 N–H and O–H groups in total. The van der Waals surface area contributed by atoms with Gasteiger partial charge in [0.1, 0.15) is 22.7 Å². The molecule has 9 heteroatoms. The molecule has 1 aliphatic heterocycles. The van der Waals surface area contributed by atoms with Crippen LogP contribution in [-0.2, 0) is 4.74 Å². The van der Waals surface area contributed by atoms with Crippen LogP contribution in [0.15, 0.2) is 30.3 Å². The number of ether oxygens (including phenoxy) is 5. The first kappa shape index (κ1) is 17.7. The van der Waals surface area contributed by atoms with E-state index in [0.717, 1.165) is 5.56 Å². The van der Waals surface area contributed by atoms with Crippen molar-refractivity contribution in [1.29, 1.82) is 0 Å². The van der Waals surface area contributed by atoms with Crippen molar-refractivity contribution in [3.8, 4) is 45.5 Å². The standard InChI is InChI=1S/C19H17N3O6/c1-24-13-5-4-10(6-12(13)19(23)26-3)16-17(21-22-20-16)11-7-14(25-2)18-15(8-11)27-9-28-18/h4-8H,9H2,1-3H3,(H,20,21,22). The summed E-state index contributed by atoms with van der Waals surface area (Å²) in [4.78, 5) is 12.1. The number of benzene rings is 2. The third kappa shape index (κ3) is 2.86. The first-order valence-corrected chi connectivity index (χ1v) is 8.31. The molecule has 0 bridgehead atoms. The van der Waals surface area contributed by atoms with E-state index in [0.29, 0.717) is 45.5 Å². The van der Waals surface area contributed by atoms with Crippen LogP contribution in [0, 0.1) is 0 Å². The van der Waals surface area contributed by atoms with E-state index >= 15 is 0 Å². The Hall–Kier alpha value is -3.75. The highest BCUT2D eigenvalue weighted by Gasteiger charge is 2.24. The van der Waals surface area contributed by atoms with Gasteiger partial charge in [0.2, 0.25) is 12.5 Å². The predicted octanol–water partition coefficient (Wildman–Crippen LogP) is 2.67. The third-order valence-corrected chi connectivity index (χ3v) is 4.36. The highest BCUT2D eigenvalue weighted by molar-refractivity contribution is 5.94. The lowest BCUT2D eigenvalue weighted by molar-refractivity contribution is 0.0597. The van der Waals surface area contributed by atoms with Gasteiger partial charge >= 0.3 is 5.97 Å². The summed E-state index contributed by atoms with van der Waals surface area (Å²) < 4.78 is 26.4. The monoisotopic (exact) mass is 383 g/mol. The number of nitrogens with zero attached hydrogens (tertiary/aromatic N) is 2. The predicted molar refractivity (Wildman–Crippen MR) is 97.8 cm³/mol. The maximum Gasteiger partial charge on any atom is 0.341 e. The van der Waals surface area contributed by atoms with Crippen LogP contribution in [0.2, 0.25) is 0 Å². The van der Waals surface area contributed by atoms with Crippen LogP contribution in [0.4, 0.5) is 0 Å². The zero-order chi connectivity index (χ0) is 19.7. The molecule has 2 heterocycles. The Balaban J connectivity index is 1.82. The molecule has 0 aliphatic carbocycles. The fourth-order valence-electron chi connectivity index (χ4n) is 3.02. The van der Waals surface area contributed by atoms with Crippen molar-refractivity contribution < 1.29 is 28.5 Å². The molecule has 0 saturated heterocycles. The summed E-state index contributed by atoms with van der Waals surface area (Å²) in [7, 11) is 4.35. The quantitative estimate of drug-likeness (QED) is 0.671. The number of hydrogen-bond acceptors (Lipinski definition) is 8. The maximum atomic E-state index is 12.1. The van der Waals surface area contributed by atoms with Crippen molar-refractivity contribution in [2.24, 2.45) is 0 Å². The van der Waals surface area contributed by atoms with Crippen LogP contribution >= 0.6 is 0 Å². The second-order valence-corrected chi connectivity index (χ2v) is 5.84. The van der Waals surface area contributed by atoms with Gasteiger partial charge in [-0.3, -0.25) is 0 Å². The summed E-state index contributed by atoms with van der Waals surface area (Å²) >= 11 is 0. The second kappa shape index (κ2) is 7.10. The molecule has 9 nitrogen and oxygen atoms in total. The Morgan fingerprint density at radius 3 is 2.43 bits per heavy atom. The van der Waals surface area contributed by atoms with Crippen LogP contribution in [-0.4, -0.2) is 49.5 Å². The fraction of sp³-hybridized carbons (Fsp3) is 0.211. The van der Waals surface area contributed by atoms with E-state index in [-0.39, 0.29) is 6.79 Å². The first-order chi connectivity index (χ1) is 13.7. The Morgan fingerprint density at radius 2 is 1.71 bits per heavy atom. The number of aromatic amines is 1. The number of nitrogens with one attached hydrogen (secondary N) is 1. The lowest BCUT2D eigenvalue weighted by Gasteiger charge is -2.10. The molecule has 0 amide bonds. The molecular weight excluding hydrogens is 366 g/mol. The molecule has 0 saturated carbocycles. The molecule has 0 spiro atoms. The van der Waals surface area contributed by atoms with Crippen LogP contribution in [0.25, 0.3) is 22.5 Å². The van der Waals surface area contributed by atoms with Gasteiger partial charge in [-0.15, -0.1) is 0 Å². The number of hydrogen-bond donors (Lipinski definition) is 1. The summed E-state index contributed by atoms with van der Waals surface area (Å²) in [5.41, 5.74) is 2.80. The Kier molecular flexibility index (Phi) is 4.48. The highest BCUT2D eigenvalue weighted by atomic mass is 16.7. The zero-order valence-electron chi connectivity index (χ0n) is 15.4. The summed E-state index contributed by atoms with van der Waals surface area (Å²) in [6.07, 6.45) is 0. The summed E-state index contributed by atoms with van der Waals surface area (Å²) in [6.45, 7) is 0.127. The summed E-state index contributed by atoms with van der Waals surface area (Å²) in [5.74, 6) is 1.55. The summed E-state index contributed by atoms with van der Waals surface area (Å²) in [5, 5.41) is 11.1. The third-order valence-electron chi connectivity index (χ3n) is 4.36. The molecular formula is C19H17N3O6.